The fourth-order valence-corrected chi connectivity index (χ4v) is 3.22. The standard InChI is InChI=1S/C17H16FN5O2/c1-4-21-15(24)13-14(20(3)17(21)25)19-16-22(13)9-10(2)23(16)12-8-6-5-7-11(12)18/h5-9H,4H2,1-3H3. The fraction of sp³-hybridized carbons (Fsp3) is 0.235. The Kier molecular flexibility index (Phi) is 3.18. The molecule has 3 heterocycles. The summed E-state index contributed by atoms with van der Waals surface area (Å²) in [7, 11) is 1.57. The van der Waals surface area contributed by atoms with Crippen molar-refractivity contribution in [3.05, 3.63) is 62.8 Å². The number of rotatable bonds is 2. The molecule has 0 unspecified atom stereocenters. The van der Waals surface area contributed by atoms with Gasteiger partial charge in [0.1, 0.15) is 5.82 Å². The molecule has 4 rings (SSSR count). The molecule has 8 heteroatoms. The lowest BCUT2D eigenvalue weighted by atomic mass is 10.3. The molecule has 1 aromatic carbocycles. The summed E-state index contributed by atoms with van der Waals surface area (Å²) >= 11 is 0. The Morgan fingerprint density at radius 2 is 1.92 bits per heavy atom. The first-order valence-corrected chi connectivity index (χ1v) is 7.90. The Bertz CT molecular complexity index is 1260. The highest BCUT2D eigenvalue weighted by atomic mass is 19.1. The van der Waals surface area contributed by atoms with Gasteiger partial charge in [-0.05, 0) is 26.0 Å². The van der Waals surface area contributed by atoms with E-state index in [4.69, 9.17) is 0 Å². The van der Waals surface area contributed by atoms with E-state index in [9.17, 15) is 14.0 Å². The van der Waals surface area contributed by atoms with Gasteiger partial charge >= 0.3 is 5.69 Å². The van der Waals surface area contributed by atoms with Gasteiger partial charge in [0.2, 0.25) is 5.78 Å². The zero-order valence-corrected chi connectivity index (χ0v) is 14.0. The van der Waals surface area contributed by atoms with Crippen molar-refractivity contribution in [3.63, 3.8) is 0 Å². The van der Waals surface area contributed by atoms with Crippen LogP contribution in [-0.4, -0.2) is 23.1 Å². The van der Waals surface area contributed by atoms with Crippen LogP contribution in [0.3, 0.4) is 0 Å². The molecule has 0 N–H and O–H groups in total. The first-order valence-electron chi connectivity index (χ1n) is 7.90. The summed E-state index contributed by atoms with van der Waals surface area (Å²) in [5, 5.41) is 0. The summed E-state index contributed by atoms with van der Waals surface area (Å²) in [6, 6.07) is 6.36. The van der Waals surface area contributed by atoms with E-state index in [0.717, 1.165) is 10.3 Å². The van der Waals surface area contributed by atoms with Gasteiger partial charge in [0.15, 0.2) is 11.2 Å². The molecule has 0 fully saturated rings. The van der Waals surface area contributed by atoms with Crippen LogP contribution in [0.4, 0.5) is 4.39 Å². The van der Waals surface area contributed by atoms with E-state index in [1.165, 1.54) is 10.6 Å². The SMILES string of the molecule is CCn1c(=O)c2c(nc3n(-c4ccccc4F)c(C)cn23)n(C)c1=O. The first-order chi connectivity index (χ1) is 12.0. The molecule has 3 aromatic heterocycles. The van der Waals surface area contributed by atoms with Crippen LogP contribution in [0, 0.1) is 12.7 Å². The Labute approximate surface area is 141 Å². The zero-order chi connectivity index (χ0) is 17.9. The maximum Gasteiger partial charge on any atom is 0.332 e. The molecule has 4 aromatic rings. The number of hydrogen-bond acceptors (Lipinski definition) is 3. The number of aromatic nitrogens is 5. The van der Waals surface area contributed by atoms with Crippen LogP contribution in [0.5, 0.6) is 0 Å². The summed E-state index contributed by atoms with van der Waals surface area (Å²) in [6.45, 7) is 3.82. The third-order valence-electron chi connectivity index (χ3n) is 4.44. The van der Waals surface area contributed by atoms with Crippen molar-refractivity contribution in [1.82, 2.24) is 23.1 Å². The number of halogens is 1. The minimum Gasteiger partial charge on any atom is -0.280 e. The predicted molar refractivity (Wildman–Crippen MR) is 91.9 cm³/mol. The first kappa shape index (κ1) is 15.4. The number of para-hydroxylation sites is 1. The van der Waals surface area contributed by atoms with Crippen molar-refractivity contribution < 1.29 is 4.39 Å². The van der Waals surface area contributed by atoms with Gasteiger partial charge in [-0.15, -0.1) is 0 Å². The number of benzene rings is 1. The quantitative estimate of drug-likeness (QED) is 0.556. The number of fused-ring (bicyclic) bond motifs is 3. The van der Waals surface area contributed by atoms with Crippen molar-refractivity contribution in [2.45, 2.75) is 20.4 Å². The second-order valence-corrected chi connectivity index (χ2v) is 5.90. The lowest BCUT2D eigenvalue weighted by Crippen LogP contribution is -2.38. The molecule has 0 amide bonds. The van der Waals surface area contributed by atoms with E-state index in [2.05, 4.69) is 4.98 Å². The van der Waals surface area contributed by atoms with Crippen LogP contribution >= 0.6 is 0 Å². The molecule has 0 aliphatic carbocycles. The van der Waals surface area contributed by atoms with Crippen molar-refractivity contribution >= 4 is 16.9 Å². The van der Waals surface area contributed by atoms with Crippen molar-refractivity contribution in [2.75, 3.05) is 0 Å². The molecule has 0 aliphatic rings. The molecule has 7 nitrogen and oxygen atoms in total. The summed E-state index contributed by atoms with van der Waals surface area (Å²) in [5.74, 6) is -0.00540. The molecular weight excluding hydrogens is 325 g/mol. The molecule has 0 saturated heterocycles. The van der Waals surface area contributed by atoms with E-state index >= 15 is 0 Å². The zero-order valence-electron chi connectivity index (χ0n) is 14.0. The smallest absolute Gasteiger partial charge is 0.280 e. The van der Waals surface area contributed by atoms with Gasteiger partial charge in [0.05, 0.1) is 5.69 Å². The minimum atomic E-state index is -0.421. The number of hydrogen-bond donors (Lipinski definition) is 0. The van der Waals surface area contributed by atoms with Crippen molar-refractivity contribution in [2.24, 2.45) is 7.05 Å². The Morgan fingerprint density at radius 1 is 1.20 bits per heavy atom. The van der Waals surface area contributed by atoms with Crippen LogP contribution in [0.2, 0.25) is 0 Å². The topological polar surface area (TPSA) is 66.2 Å². The molecular formula is C17H16FN5O2. The minimum absolute atomic E-state index is 0.266. The Balaban J connectivity index is 2.22. The predicted octanol–water partition coefficient (Wildman–Crippen LogP) is 1.61. The molecule has 0 bridgehead atoms. The van der Waals surface area contributed by atoms with Gasteiger partial charge in [-0.2, -0.15) is 4.98 Å². The van der Waals surface area contributed by atoms with Crippen LogP contribution < -0.4 is 11.2 Å². The number of imidazole rings is 2. The highest BCUT2D eigenvalue weighted by Gasteiger charge is 2.21. The summed E-state index contributed by atoms with van der Waals surface area (Å²) in [4.78, 5) is 29.5. The summed E-state index contributed by atoms with van der Waals surface area (Å²) in [5.41, 5.74) is 0.822. The molecule has 25 heavy (non-hydrogen) atoms. The van der Waals surface area contributed by atoms with Gasteiger partial charge in [-0.1, -0.05) is 12.1 Å². The monoisotopic (exact) mass is 341 g/mol. The third-order valence-corrected chi connectivity index (χ3v) is 4.44. The van der Waals surface area contributed by atoms with Crippen LogP contribution in [-0.2, 0) is 13.6 Å². The number of aryl methyl sites for hydroxylation is 2. The average Bonchev–Trinajstić information content (AvgIpc) is 3.09. The largest absolute Gasteiger partial charge is 0.332 e. The van der Waals surface area contributed by atoms with Gasteiger partial charge in [0.25, 0.3) is 5.56 Å². The summed E-state index contributed by atoms with van der Waals surface area (Å²) in [6.07, 6.45) is 1.73. The Morgan fingerprint density at radius 3 is 2.60 bits per heavy atom. The van der Waals surface area contributed by atoms with E-state index in [0.29, 0.717) is 17.0 Å². The maximum absolute atomic E-state index is 14.3. The second-order valence-electron chi connectivity index (χ2n) is 5.90. The second kappa shape index (κ2) is 5.17. The Hall–Kier alpha value is -3.16. The van der Waals surface area contributed by atoms with Gasteiger partial charge in [-0.25, -0.2) is 9.18 Å². The summed E-state index contributed by atoms with van der Waals surface area (Å²) < 4.78 is 20.0. The highest BCUT2D eigenvalue weighted by molar-refractivity contribution is 5.76. The van der Waals surface area contributed by atoms with Crippen LogP contribution in [0.25, 0.3) is 22.6 Å². The number of nitrogens with zero attached hydrogens (tertiary/aromatic N) is 5. The van der Waals surface area contributed by atoms with E-state index in [1.54, 1.807) is 47.3 Å². The lowest BCUT2D eigenvalue weighted by molar-refractivity contribution is 0.618. The van der Waals surface area contributed by atoms with Crippen LogP contribution in [0.1, 0.15) is 12.6 Å². The maximum atomic E-state index is 14.3. The lowest BCUT2D eigenvalue weighted by Gasteiger charge is -2.06. The molecule has 0 atom stereocenters. The molecule has 0 saturated carbocycles. The third kappa shape index (κ3) is 1.93. The van der Waals surface area contributed by atoms with Crippen molar-refractivity contribution in [1.29, 1.82) is 0 Å². The highest BCUT2D eigenvalue weighted by Crippen LogP contribution is 2.22. The molecule has 0 radical (unpaired) electrons. The normalized spacial score (nSPS) is 11.7. The average molecular weight is 341 g/mol. The van der Waals surface area contributed by atoms with E-state index in [1.807, 2.05) is 6.92 Å². The van der Waals surface area contributed by atoms with E-state index < -0.39 is 17.1 Å². The van der Waals surface area contributed by atoms with Gasteiger partial charge in [0, 0.05) is 25.5 Å². The van der Waals surface area contributed by atoms with E-state index in [-0.39, 0.29) is 12.2 Å². The molecule has 0 spiro atoms. The molecule has 0 aliphatic heterocycles. The van der Waals surface area contributed by atoms with Gasteiger partial charge in [-0.3, -0.25) is 22.9 Å². The fourth-order valence-electron chi connectivity index (χ4n) is 3.22. The molecule has 128 valence electrons. The van der Waals surface area contributed by atoms with Crippen molar-refractivity contribution in [3.8, 4) is 5.69 Å². The van der Waals surface area contributed by atoms with Crippen LogP contribution in [0.15, 0.2) is 40.1 Å². The van der Waals surface area contributed by atoms with Gasteiger partial charge < -0.3 is 0 Å².